The van der Waals surface area contributed by atoms with Gasteiger partial charge in [-0.25, -0.2) is 13.0 Å². The van der Waals surface area contributed by atoms with Gasteiger partial charge in [-0.3, -0.25) is 0 Å². The van der Waals surface area contributed by atoms with Crippen molar-refractivity contribution in [3.63, 3.8) is 0 Å². The molecule has 0 spiro atoms. The average Bonchev–Trinajstić information content (AvgIpc) is 2.57. The maximum absolute atomic E-state index is 12.9. The molecule has 0 radical (unpaired) electrons. The fourth-order valence-corrected chi connectivity index (χ4v) is 2.87. The summed E-state index contributed by atoms with van der Waals surface area (Å²) in [4.78, 5) is 0. The molecule has 2 rings (SSSR count). The molecule has 2 nitrogen and oxygen atoms in total. The quantitative estimate of drug-likeness (QED) is 0.692. The van der Waals surface area contributed by atoms with Crippen LogP contribution in [0.15, 0.2) is 4.40 Å². The number of nitrogens with zero attached hydrogens (tertiary/aromatic N) is 1. The van der Waals surface area contributed by atoms with Crippen LogP contribution in [0.3, 0.4) is 0 Å². The average molecular weight is 249 g/mol. The molecule has 0 heterocycles. The summed E-state index contributed by atoms with van der Waals surface area (Å²) in [6.07, 6.45) is 2.63. The Labute approximate surface area is 97.1 Å². The Morgan fingerprint density at radius 2 is 1.81 bits per heavy atom. The van der Waals surface area contributed by atoms with Gasteiger partial charge in [-0.15, -0.1) is 0 Å². The maximum atomic E-state index is 12.9. The highest BCUT2D eigenvalue weighted by Crippen LogP contribution is 2.65. The van der Waals surface area contributed by atoms with Crippen molar-refractivity contribution in [2.45, 2.75) is 44.3 Å². The lowest BCUT2D eigenvalue weighted by Crippen LogP contribution is -2.20. The van der Waals surface area contributed by atoms with E-state index in [0.29, 0.717) is 12.8 Å². The molecule has 16 heavy (non-hydrogen) atoms. The predicted octanol–water partition coefficient (Wildman–Crippen LogP) is 2.81. The van der Waals surface area contributed by atoms with Crippen LogP contribution in [0, 0.1) is 17.8 Å². The molecule has 0 bridgehead atoms. The van der Waals surface area contributed by atoms with Gasteiger partial charge < -0.3 is 0 Å². The van der Waals surface area contributed by atoms with E-state index >= 15 is 0 Å². The smallest absolute Gasteiger partial charge is 0.234 e. The Balaban J connectivity index is 1.86. The van der Waals surface area contributed by atoms with E-state index in [1.54, 1.807) is 6.21 Å². The first-order valence-electron chi connectivity index (χ1n) is 5.57. The van der Waals surface area contributed by atoms with Crippen molar-refractivity contribution in [2.24, 2.45) is 22.2 Å². The fourth-order valence-electron chi connectivity index (χ4n) is 2.27. The number of hydrogen-bond donors (Lipinski definition) is 0. The van der Waals surface area contributed by atoms with E-state index in [2.05, 4.69) is 4.40 Å². The highest BCUT2D eigenvalue weighted by atomic mass is 32.2. The fraction of sp³-hybridized carbons (Fsp3) is 0.909. The first-order chi connectivity index (χ1) is 7.23. The van der Waals surface area contributed by atoms with Crippen molar-refractivity contribution in [3.05, 3.63) is 0 Å². The van der Waals surface area contributed by atoms with Gasteiger partial charge in [-0.05, 0) is 39.5 Å². The van der Waals surface area contributed by atoms with Crippen LogP contribution in [0.5, 0.6) is 0 Å². The van der Waals surface area contributed by atoms with Crippen molar-refractivity contribution in [2.75, 3.05) is 0 Å². The minimum Gasteiger partial charge on any atom is -0.234 e. The number of hydrogen-bond acceptors (Lipinski definition) is 1. The number of fused-ring (bicyclic) bond motifs is 1. The summed E-state index contributed by atoms with van der Waals surface area (Å²) >= 11 is 0. The van der Waals surface area contributed by atoms with Crippen LogP contribution in [0.1, 0.15) is 33.6 Å². The Bertz CT molecular complexity index is 334. The topological polar surface area (TPSA) is 29.4 Å². The molecule has 92 valence electrons. The van der Waals surface area contributed by atoms with Gasteiger partial charge in [0.2, 0.25) is 0 Å². The summed E-state index contributed by atoms with van der Waals surface area (Å²) in [5.74, 6) is -3.20. The Kier molecular flexibility index (Phi) is 2.72. The van der Waals surface area contributed by atoms with Gasteiger partial charge in [0.15, 0.2) is 0 Å². The standard InChI is InChI=1S/C11H17F2NOS/c1-10(2,3)16(15)14-6-7-4-8-9(5-7)11(8,12)13/h6-9H,4-5H2,1-3H3/t7?,8-,9+,16-/m0/s1. The van der Waals surface area contributed by atoms with Crippen LogP contribution in [0.2, 0.25) is 0 Å². The summed E-state index contributed by atoms with van der Waals surface area (Å²) in [5, 5.41) is 0. The normalized spacial score (nSPS) is 38.7. The second kappa shape index (κ2) is 3.59. The third kappa shape index (κ3) is 2.06. The van der Waals surface area contributed by atoms with Crippen molar-refractivity contribution in [1.82, 2.24) is 0 Å². The maximum Gasteiger partial charge on any atom is 0.254 e. The van der Waals surface area contributed by atoms with E-state index in [4.69, 9.17) is 0 Å². The molecule has 2 fully saturated rings. The molecule has 0 aliphatic heterocycles. The molecular weight excluding hydrogens is 232 g/mol. The lowest BCUT2D eigenvalue weighted by atomic mass is 10.0. The predicted molar refractivity (Wildman–Crippen MR) is 61.0 cm³/mol. The van der Waals surface area contributed by atoms with E-state index < -0.39 is 28.7 Å². The molecule has 0 amide bonds. The molecule has 2 saturated carbocycles. The van der Waals surface area contributed by atoms with Crippen LogP contribution < -0.4 is 0 Å². The number of halogens is 2. The molecule has 4 atom stereocenters. The summed E-state index contributed by atoms with van der Waals surface area (Å²) < 4.78 is 41.0. The summed E-state index contributed by atoms with van der Waals surface area (Å²) in [6.45, 7) is 5.54. The Morgan fingerprint density at radius 1 is 1.31 bits per heavy atom. The lowest BCUT2D eigenvalue weighted by molar-refractivity contribution is 0.0691. The molecule has 0 aromatic rings. The van der Waals surface area contributed by atoms with Crippen molar-refractivity contribution < 1.29 is 13.0 Å². The molecule has 0 aromatic heterocycles. The summed E-state index contributed by atoms with van der Waals surface area (Å²) in [6, 6.07) is 0. The SMILES string of the molecule is CC(C)(C)[S@](=O)N=CC1C[C@@H]2[C@H](C1)C2(F)F. The molecule has 0 aromatic carbocycles. The largest absolute Gasteiger partial charge is 0.254 e. The zero-order chi connectivity index (χ0) is 12.1. The molecule has 0 N–H and O–H groups in total. The monoisotopic (exact) mass is 249 g/mol. The van der Waals surface area contributed by atoms with Crippen molar-refractivity contribution >= 4 is 17.2 Å². The third-order valence-corrected chi connectivity index (χ3v) is 4.73. The zero-order valence-corrected chi connectivity index (χ0v) is 10.6. The van der Waals surface area contributed by atoms with Gasteiger partial charge in [0.25, 0.3) is 5.92 Å². The van der Waals surface area contributed by atoms with Crippen LogP contribution in [-0.2, 0) is 11.0 Å². The first-order valence-corrected chi connectivity index (χ1v) is 6.67. The van der Waals surface area contributed by atoms with Gasteiger partial charge in [-0.2, -0.15) is 4.40 Å². The second-order valence-corrected chi connectivity index (χ2v) is 7.67. The van der Waals surface area contributed by atoms with E-state index in [9.17, 15) is 13.0 Å². The van der Waals surface area contributed by atoms with E-state index in [-0.39, 0.29) is 10.7 Å². The van der Waals surface area contributed by atoms with Crippen LogP contribution in [0.25, 0.3) is 0 Å². The van der Waals surface area contributed by atoms with Crippen LogP contribution in [-0.4, -0.2) is 21.1 Å². The second-order valence-electron chi connectivity index (χ2n) is 5.74. The van der Waals surface area contributed by atoms with E-state index in [0.717, 1.165) is 0 Å². The van der Waals surface area contributed by atoms with Crippen molar-refractivity contribution in [1.29, 1.82) is 0 Å². The number of rotatable bonds is 2. The van der Waals surface area contributed by atoms with Gasteiger partial charge in [0.05, 0.1) is 4.75 Å². The first kappa shape index (κ1) is 12.1. The third-order valence-electron chi connectivity index (χ3n) is 3.37. The summed E-state index contributed by atoms with van der Waals surface area (Å²) in [7, 11) is -1.27. The molecule has 2 aliphatic rings. The molecule has 1 unspecified atom stereocenters. The minimum absolute atomic E-state index is 0.0981. The van der Waals surface area contributed by atoms with Crippen molar-refractivity contribution in [3.8, 4) is 0 Å². The Hall–Kier alpha value is -0.320. The van der Waals surface area contributed by atoms with Gasteiger partial charge >= 0.3 is 0 Å². The van der Waals surface area contributed by atoms with Gasteiger partial charge in [0, 0.05) is 18.1 Å². The summed E-state index contributed by atoms with van der Waals surface area (Å²) in [5.41, 5.74) is 0. The van der Waals surface area contributed by atoms with E-state index in [1.165, 1.54) is 0 Å². The molecule has 5 heteroatoms. The highest BCUT2D eigenvalue weighted by molar-refractivity contribution is 7.85. The van der Waals surface area contributed by atoms with Gasteiger partial charge in [0.1, 0.15) is 11.0 Å². The van der Waals surface area contributed by atoms with E-state index in [1.807, 2.05) is 20.8 Å². The Morgan fingerprint density at radius 3 is 2.25 bits per heavy atom. The molecule has 0 saturated heterocycles. The molecule has 2 aliphatic carbocycles. The van der Waals surface area contributed by atoms with Crippen LogP contribution >= 0.6 is 0 Å². The van der Waals surface area contributed by atoms with Crippen LogP contribution in [0.4, 0.5) is 8.78 Å². The zero-order valence-electron chi connectivity index (χ0n) is 9.74. The highest BCUT2D eigenvalue weighted by Gasteiger charge is 2.71. The van der Waals surface area contributed by atoms with Gasteiger partial charge in [-0.1, -0.05) is 0 Å². The minimum atomic E-state index is -2.42. The lowest BCUT2D eigenvalue weighted by Gasteiger charge is -2.14. The number of alkyl halides is 2. The molecular formula is C11H17F2NOS.